The average molecular weight is 731 g/mol. The van der Waals surface area contributed by atoms with Crippen LogP contribution < -0.4 is 31.6 Å². The van der Waals surface area contributed by atoms with Crippen LogP contribution in [0.3, 0.4) is 0 Å². The minimum absolute atomic E-state index is 0.0655. The molecule has 18 nitrogen and oxygen atoms in total. The van der Waals surface area contributed by atoms with Gasteiger partial charge in [0.05, 0.1) is 36.5 Å². The number of aromatic nitrogens is 4. The SMILES string of the molecule is CCn1nc(C)cc1C(=O)Nc1nc2cc(C(N)=O)cc(OC)c2n1C/C=C/CNc1c(OC/C=C/CN2CCOCC2)cc(C(N)=O)cc1[N+](=O)[O-]. The van der Waals surface area contributed by atoms with Crippen LogP contribution in [0.1, 0.15) is 43.8 Å². The van der Waals surface area contributed by atoms with E-state index in [9.17, 15) is 24.5 Å². The van der Waals surface area contributed by atoms with Crippen LogP contribution in [0.25, 0.3) is 11.0 Å². The van der Waals surface area contributed by atoms with Gasteiger partial charge in [0.15, 0.2) is 11.4 Å². The highest BCUT2D eigenvalue weighted by molar-refractivity contribution is 6.04. The molecular formula is C35H42N10O8. The number of morpholine rings is 1. The average Bonchev–Trinajstić information content (AvgIpc) is 3.70. The Kier molecular flexibility index (Phi) is 12.4. The first-order chi connectivity index (χ1) is 25.5. The zero-order valence-electron chi connectivity index (χ0n) is 29.7. The van der Waals surface area contributed by atoms with E-state index in [1.165, 1.54) is 25.3 Å². The lowest BCUT2D eigenvalue weighted by Gasteiger charge is -2.25. The summed E-state index contributed by atoms with van der Waals surface area (Å²) >= 11 is 0. The Labute approximate surface area is 304 Å². The number of nitrogens with two attached hydrogens (primary N) is 2. The quantitative estimate of drug-likeness (QED) is 0.0697. The minimum Gasteiger partial charge on any atom is -0.494 e. The second-order valence-corrected chi connectivity index (χ2v) is 11.9. The molecule has 18 heteroatoms. The fraction of sp³-hybridized carbons (Fsp3) is 0.343. The number of primary amides is 2. The molecule has 0 spiro atoms. The highest BCUT2D eigenvalue weighted by Gasteiger charge is 2.23. The molecular weight excluding hydrogens is 688 g/mol. The largest absolute Gasteiger partial charge is 0.494 e. The van der Waals surface area contributed by atoms with Gasteiger partial charge in [-0.3, -0.25) is 39.4 Å². The smallest absolute Gasteiger partial charge is 0.296 e. The lowest BCUT2D eigenvalue weighted by atomic mass is 10.1. The molecule has 2 aromatic heterocycles. The first-order valence-corrected chi connectivity index (χ1v) is 16.8. The Morgan fingerprint density at radius 3 is 2.38 bits per heavy atom. The molecule has 5 rings (SSSR count). The first-order valence-electron chi connectivity index (χ1n) is 16.8. The van der Waals surface area contributed by atoms with E-state index in [0.29, 0.717) is 54.5 Å². The van der Waals surface area contributed by atoms with Gasteiger partial charge in [-0.15, -0.1) is 0 Å². The van der Waals surface area contributed by atoms with Gasteiger partial charge in [-0.25, -0.2) is 4.98 Å². The van der Waals surface area contributed by atoms with E-state index >= 15 is 0 Å². The number of nitrogens with zero attached hydrogens (tertiary/aromatic N) is 6. The number of rotatable bonds is 17. The number of methoxy groups -OCH3 is 1. The molecule has 0 atom stereocenters. The van der Waals surface area contributed by atoms with Gasteiger partial charge in [0, 0.05) is 56.5 Å². The van der Waals surface area contributed by atoms with Crippen molar-refractivity contribution in [3.8, 4) is 11.5 Å². The van der Waals surface area contributed by atoms with Crippen molar-refractivity contribution < 1.29 is 33.5 Å². The minimum atomic E-state index is -0.838. The maximum atomic E-state index is 13.4. The molecule has 3 heterocycles. The fourth-order valence-electron chi connectivity index (χ4n) is 5.75. The van der Waals surface area contributed by atoms with Crippen molar-refractivity contribution in [1.29, 1.82) is 0 Å². The number of carbonyl (C=O) groups excluding carboxylic acids is 3. The predicted molar refractivity (Wildman–Crippen MR) is 197 cm³/mol. The molecule has 0 saturated carbocycles. The number of hydrogen-bond acceptors (Lipinski definition) is 12. The van der Waals surface area contributed by atoms with Gasteiger partial charge in [-0.05, 0) is 38.1 Å². The van der Waals surface area contributed by atoms with E-state index in [1.54, 1.807) is 40.5 Å². The highest BCUT2D eigenvalue weighted by atomic mass is 16.6. The van der Waals surface area contributed by atoms with E-state index in [1.807, 2.05) is 13.0 Å². The molecule has 1 saturated heterocycles. The van der Waals surface area contributed by atoms with Gasteiger partial charge in [-0.2, -0.15) is 5.10 Å². The third-order valence-corrected chi connectivity index (χ3v) is 8.35. The van der Waals surface area contributed by atoms with Crippen molar-refractivity contribution in [3.63, 3.8) is 0 Å². The van der Waals surface area contributed by atoms with Gasteiger partial charge < -0.3 is 35.6 Å². The molecule has 0 bridgehead atoms. The van der Waals surface area contributed by atoms with Crippen molar-refractivity contribution in [2.45, 2.75) is 26.9 Å². The summed E-state index contributed by atoms with van der Waals surface area (Å²) < 4.78 is 20.1. The number of fused-ring (bicyclic) bond motifs is 1. The van der Waals surface area contributed by atoms with Crippen LogP contribution in [0.5, 0.6) is 11.5 Å². The molecule has 3 amide bonds. The summed E-state index contributed by atoms with van der Waals surface area (Å²) in [5, 5.41) is 22.3. The summed E-state index contributed by atoms with van der Waals surface area (Å²) in [6.07, 6.45) is 7.21. The zero-order chi connectivity index (χ0) is 38.1. The van der Waals surface area contributed by atoms with Gasteiger partial charge in [0.25, 0.3) is 11.6 Å². The van der Waals surface area contributed by atoms with Crippen molar-refractivity contribution >= 4 is 46.1 Å². The Hall–Kier alpha value is -6.27. The Morgan fingerprint density at radius 1 is 1.00 bits per heavy atom. The Bertz CT molecular complexity index is 2060. The molecule has 1 aliphatic rings. The molecule has 280 valence electrons. The van der Waals surface area contributed by atoms with Gasteiger partial charge >= 0.3 is 0 Å². The lowest BCUT2D eigenvalue weighted by molar-refractivity contribution is -0.384. The summed E-state index contributed by atoms with van der Waals surface area (Å²) in [4.78, 5) is 55.7. The van der Waals surface area contributed by atoms with Crippen LogP contribution in [0.4, 0.5) is 17.3 Å². The van der Waals surface area contributed by atoms with Crippen molar-refractivity contribution in [3.05, 3.63) is 87.3 Å². The number of benzene rings is 2. The summed E-state index contributed by atoms with van der Waals surface area (Å²) in [6, 6.07) is 7.12. The summed E-state index contributed by atoms with van der Waals surface area (Å²) in [5.41, 5.74) is 12.6. The van der Waals surface area contributed by atoms with Crippen LogP contribution in [0.15, 0.2) is 54.6 Å². The zero-order valence-corrected chi connectivity index (χ0v) is 29.7. The monoisotopic (exact) mass is 730 g/mol. The van der Waals surface area contributed by atoms with Crippen LogP contribution in [-0.4, -0.2) is 100.0 Å². The van der Waals surface area contributed by atoms with Crippen LogP contribution >= 0.6 is 0 Å². The number of nitrogens with one attached hydrogen (secondary N) is 2. The first kappa shape index (κ1) is 38.0. The summed E-state index contributed by atoms with van der Waals surface area (Å²) in [6.45, 7) is 8.17. The van der Waals surface area contributed by atoms with Gasteiger partial charge in [0.1, 0.15) is 23.6 Å². The van der Waals surface area contributed by atoms with Gasteiger partial charge in [0.2, 0.25) is 17.8 Å². The normalized spacial score (nSPS) is 13.5. The number of aryl methyl sites for hydroxylation is 2. The van der Waals surface area contributed by atoms with E-state index in [2.05, 4.69) is 25.6 Å². The molecule has 1 fully saturated rings. The topological polar surface area (TPSA) is 237 Å². The van der Waals surface area contributed by atoms with Crippen LogP contribution in [0.2, 0.25) is 0 Å². The van der Waals surface area contributed by atoms with Crippen molar-refractivity contribution in [2.24, 2.45) is 11.5 Å². The van der Waals surface area contributed by atoms with E-state index in [-0.39, 0.29) is 53.9 Å². The van der Waals surface area contributed by atoms with Crippen LogP contribution in [-0.2, 0) is 17.8 Å². The fourth-order valence-corrected chi connectivity index (χ4v) is 5.75. The number of amides is 3. The maximum Gasteiger partial charge on any atom is 0.296 e. The number of carbonyl (C=O) groups is 3. The highest BCUT2D eigenvalue weighted by Crippen LogP contribution is 2.36. The number of imidazole rings is 1. The van der Waals surface area contributed by atoms with E-state index in [0.717, 1.165) is 19.2 Å². The molecule has 4 aromatic rings. The molecule has 2 aromatic carbocycles. The molecule has 1 aliphatic heterocycles. The molecule has 6 N–H and O–H groups in total. The Morgan fingerprint density at radius 2 is 1.70 bits per heavy atom. The molecule has 53 heavy (non-hydrogen) atoms. The standard InChI is InChI=1S/C35H42N10O8/c1-4-44-27(17-22(2)41-44)34(48)40-35-39-25-18-23(32(36)46)21-29(51-3)31(25)43(35)11-6-5-9-38-30-26(45(49)50)19-24(33(37)47)20-28(30)53-14-8-7-10-42-12-15-52-16-13-42/h5-8,17-21,38H,4,9-16H2,1-3H3,(H2,36,46)(H2,37,47)(H,39,40,48)/b6-5+,8-7+. The number of hydrogen-bond donors (Lipinski definition) is 4. The molecule has 0 aliphatic carbocycles. The van der Waals surface area contributed by atoms with Crippen LogP contribution in [0, 0.1) is 17.0 Å². The maximum absolute atomic E-state index is 13.4. The van der Waals surface area contributed by atoms with Crippen molar-refractivity contribution in [2.75, 3.05) is 63.7 Å². The van der Waals surface area contributed by atoms with E-state index in [4.69, 9.17) is 25.7 Å². The number of allylic oxidation sites excluding steroid dienone is 1. The second-order valence-electron chi connectivity index (χ2n) is 11.9. The third kappa shape index (κ3) is 9.16. The number of nitro benzene ring substituents is 1. The Balaban J connectivity index is 1.38. The lowest BCUT2D eigenvalue weighted by Crippen LogP contribution is -2.36. The predicted octanol–water partition coefficient (Wildman–Crippen LogP) is 2.86. The summed E-state index contributed by atoms with van der Waals surface area (Å²) in [7, 11) is 1.44. The molecule has 0 radical (unpaired) electrons. The number of nitro groups is 1. The number of anilines is 2. The molecule has 0 unspecified atom stereocenters. The third-order valence-electron chi connectivity index (χ3n) is 8.35. The van der Waals surface area contributed by atoms with Gasteiger partial charge in [-0.1, -0.05) is 24.3 Å². The van der Waals surface area contributed by atoms with Crippen molar-refractivity contribution in [1.82, 2.24) is 24.2 Å². The number of ether oxygens (including phenoxy) is 3. The second kappa shape index (κ2) is 17.3. The summed E-state index contributed by atoms with van der Waals surface area (Å²) in [5.74, 6) is -1.41. The van der Waals surface area contributed by atoms with E-state index < -0.39 is 22.6 Å².